The van der Waals surface area contributed by atoms with Crippen LogP contribution in [0.1, 0.15) is 58.1 Å². The van der Waals surface area contributed by atoms with Gasteiger partial charge in [-0.15, -0.1) is 0 Å². The Bertz CT molecular complexity index is 375. The van der Waals surface area contributed by atoms with Gasteiger partial charge in [0.15, 0.2) is 0 Å². The normalized spacial score (nSPS) is 12.6. The van der Waals surface area contributed by atoms with E-state index in [4.69, 9.17) is 10.5 Å². The van der Waals surface area contributed by atoms with Gasteiger partial charge in [0, 0.05) is 12.1 Å². The van der Waals surface area contributed by atoms with E-state index in [9.17, 15) is 0 Å². The van der Waals surface area contributed by atoms with Crippen LogP contribution >= 0.6 is 0 Å². The number of hydrogen-bond acceptors (Lipinski definition) is 3. The molecule has 1 aromatic carbocycles. The van der Waals surface area contributed by atoms with Crippen LogP contribution in [0, 0.1) is 0 Å². The Morgan fingerprint density at radius 1 is 1.05 bits per heavy atom. The number of para-hydroxylation sites is 1. The van der Waals surface area contributed by atoms with Crippen molar-refractivity contribution in [1.29, 1.82) is 0 Å². The third-order valence-electron chi connectivity index (χ3n) is 3.72. The maximum atomic E-state index is 6.09. The quantitative estimate of drug-likeness (QED) is 0.627. The van der Waals surface area contributed by atoms with Gasteiger partial charge in [-0.05, 0) is 38.4 Å². The summed E-state index contributed by atoms with van der Waals surface area (Å²) in [6.07, 6.45) is 4.54. The summed E-state index contributed by atoms with van der Waals surface area (Å²) in [5.41, 5.74) is 7.33. The van der Waals surface area contributed by atoms with Gasteiger partial charge in [0.1, 0.15) is 5.75 Å². The van der Waals surface area contributed by atoms with Crippen molar-refractivity contribution < 1.29 is 4.74 Å². The van der Waals surface area contributed by atoms with Gasteiger partial charge in [-0.1, -0.05) is 45.4 Å². The Morgan fingerprint density at radius 2 is 1.71 bits per heavy atom. The second-order valence-corrected chi connectivity index (χ2v) is 5.53. The van der Waals surface area contributed by atoms with E-state index < -0.39 is 0 Å². The lowest BCUT2D eigenvalue weighted by atomic mass is 10.0. The van der Waals surface area contributed by atoms with Gasteiger partial charge in [-0.25, -0.2) is 0 Å². The molecule has 0 heterocycles. The number of hydrogen-bond donors (Lipinski definition) is 1. The van der Waals surface area contributed by atoms with Crippen LogP contribution in [0.5, 0.6) is 5.75 Å². The van der Waals surface area contributed by atoms with Gasteiger partial charge < -0.3 is 10.5 Å². The zero-order chi connectivity index (χ0) is 15.5. The van der Waals surface area contributed by atoms with Crippen molar-refractivity contribution in [2.75, 3.05) is 26.2 Å². The molecule has 0 aliphatic rings. The van der Waals surface area contributed by atoms with E-state index in [-0.39, 0.29) is 6.04 Å². The lowest BCUT2D eigenvalue weighted by molar-refractivity contribution is 0.195. The lowest BCUT2D eigenvalue weighted by Crippen LogP contribution is -2.35. The summed E-state index contributed by atoms with van der Waals surface area (Å²) in [5.74, 6) is 0.999. The highest BCUT2D eigenvalue weighted by Gasteiger charge is 2.21. The minimum absolute atomic E-state index is 0.253. The molecule has 0 saturated heterocycles. The van der Waals surface area contributed by atoms with Crippen LogP contribution in [0.4, 0.5) is 0 Å². The predicted molar refractivity (Wildman–Crippen MR) is 90.8 cm³/mol. The summed E-state index contributed by atoms with van der Waals surface area (Å²) >= 11 is 0. The van der Waals surface area contributed by atoms with Gasteiger partial charge in [0.2, 0.25) is 0 Å². The molecule has 0 radical (unpaired) electrons. The highest BCUT2D eigenvalue weighted by molar-refractivity contribution is 5.36. The molecule has 21 heavy (non-hydrogen) atoms. The minimum atomic E-state index is 0.253. The van der Waals surface area contributed by atoms with E-state index in [2.05, 4.69) is 43.9 Å². The molecule has 2 N–H and O–H groups in total. The maximum Gasteiger partial charge on any atom is 0.124 e. The molecule has 1 atom stereocenters. The summed E-state index contributed by atoms with van der Waals surface area (Å²) in [5, 5.41) is 0. The highest BCUT2D eigenvalue weighted by atomic mass is 16.5. The molecule has 0 bridgehead atoms. The molecule has 1 unspecified atom stereocenters. The monoisotopic (exact) mass is 292 g/mol. The van der Waals surface area contributed by atoms with Crippen LogP contribution in [0.15, 0.2) is 24.3 Å². The first-order chi connectivity index (χ1) is 10.3. The van der Waals surface area contributed by atoms with Gasteiger partial charge >= 0.3 is 0 Å². The number of rotatable bonds is 11. The van der Waals surface area contributed by atoms with Crippen molar-refractivity contribution in [3.63, 3.8) is 0 Å². The van der Waals surface area contributed by atoms with Crippen molar-refractivity contribution in [2.45, 2.75) is 52.5 Å². The van der Waals surface area contributed by atoms with Crippen molar-refractivity contribution in [3.05, 3.63) is 29.8 Å². The average Bonchev–Trinajstić information content (AvgIpc) is 2.50. The minimum Gasteiger partial charge on any atom is -0.493 e. The van der Waals surface area contributed by atoms with Crippen LogP contribution in [0.3, 0.4) is 0 Å². The maximum absolute atomic E-state index is 6.09. The number of nitrogens with zero attached hydrogens (tertiary/aromatic N) is 1. The number of nitrogens with two attached hydrogens (primary N) is 1. The van der Waals surface area contributed by atoms with Gasteiger partial charge in [-0.3, -0.25) is 4.90 Å². The third-order valence-corrected chi connectivity index (χ3v) is 3.72. The Kier molecular flexibility index (Phi) is 9.11. The largest absolute Gasteiger partial charge is 0.493 e. The second-order valence-electron chi connectivity index (χ2n) is 5.53. The fraction of sp³-hybridized carbons (Fsp3) is 0.667. The van der Waals surface area contributed by atoms with Crippen LogP contribution in [0.25, 0.3) is 0 Å². The molecule has 1 rings (SSSR count). The molecule has 0 aliphatic carbocycles. The highest BCUT2D eigenvalue weighted by Crippen LogP contribution is 2.29. The Balaban J connectivity index is 2.91. The van der Waals surface area contributed by atoms with Crippen molar-refractivity contribution in [2.24, 2.45) is 5.73 Å². The summed E-state index contributed by atoms with van der Waals surface area (Å²) in [6, 6.07) is 8.62. The van der Waals surface area contributed by atoms with Crippen LogP contribution in [0.2, 0.25) is 0 Å². The molecule has 0 spiro atoms. The van der Waals surface area contributed by atoms with Crippen molar-refractivity contribution in [3.8, 4) is 5.75 Å². The van der Waals surface area contributed by atoms with E-state index in [1.54, 1.807) is 0 Å². The molecule has 0 aliphatic heterocycles. The number of unbranched alkanes of at least 4 members (excludes halogenated alkanes) is 1. The SMILES string of the molecule is CCCCOc1ccccc1C(CN)N(CCC)CCC. The van der Waals surface area contributed by atoms with Gasteiger partial charge in [0.05, 0.1) is 12.6 Å². The molecule has 1 aromatic rings. The first-order valence-electron chi connectivity index (χ1n) is 8.44. The Labute approximate surface area is 130 Å². The molecule has 0 amide bonds. The smallest absolute Gasteiger partial charge is 0.124 e. The molecule has 3 heteroatoms. The zero-order valence-electron chi connectivity index (χ0n) is 14.0. The average molecular weight is 292 g/mol. The summed E-state index contributed by atoms with van der Waals surface area (Å²) < 4.78 is 5.98. The third kappa shape index (κ3) is 5.68. The standard InChI is InChI=1S/C18H32N2O/c1-4-7-14-21-18-11-9-8-10-16(18)17(15-19)20(12-5-2)13-6-3/h8-11,17H,4-7,12-15,19H2,1-3H3. The fourth-order valence-electron chi connectivity index (χ4n) is 2.68. The van der Waals surface area contributed by atoms with E-state index in [0.29, 0.717) is 6.54 Å². The molecular weight excluding hydrogens is 260 g/mol. The number of benzene rings is 1. The molecule has 0 fully saturated rings. The summed E-state index contributed by atoms with van der Waals surface area (Å²) in [7, 11) is 0. The second kappa shape index (κ2) is 10.6. The van der Waals surface area contributed by atoms with E-state index in [1.807, 2.05) is 6.07 Å². The van der Waals surface area contributed by atoms with E-state index in [1.165, 1.54) is 5.56 Å². The molecule has 0 aromatic heterocycles. The topological polar surface area (TPSA) is 38.5 Å². The van der Waals surface area contributed by atoms with E-state index >= 15 is 0 Å². The summed E-state index contributed by atoms with van der Waals surface area (Å²) in [6.45, 7) is 10.2. The first kappa shape index (κ1) is 18.0. The van der Waals surface area contributed by atoms with Gasteiger partial charge in [-0.2, -0.15) is 0 Å². The van der Waals surface area contributed by atoms with Crippen LogP contribution < -0.4 is 10.5 Å². The van der Waals surface area contributed by atoms with E-state index in [0.717, 1.165) is 51.1 Å². The van der Waals surface area contributed by atoms with Crippen LogP contribution in [-0.2, 0) is 0 Å². The predicted octanol–water partition coefficient (Wildman–Crippen LogP) is 3.99. The Hall–Kier alpha value is -1.06. The molecular formula is C18H32N2O. The Morgan fingerprint density at radius 3 is 2.29 bits per heavy atom. The summed E-state index contributed by atoms with van der Waals surface area (Å²) in [4.78, 5) is 2.49. The van der Waals surface area contributed by atoms with Crippen molar-refractivity contribution >= 4 is 0 Å². The van der Waals surface area contributed by atoms with Crippen molar-refractivity contribution in [1.82, 2.24) is 4.90 Å². The van der Waals surface area contributed by atoms with Gasteiger partial charge in [0.25, 0.3) is 0 Å². The number of ether oxygens (including phenoxy) is 1. The fourth-order valence-corrected chi connectivity index (χ4v) is 2.68. The first-order valence-corrected chi connectivity index (χ1v) is 8.44. The molecule has 3 nitrogen and oxygen atoms in total. The lowest BCUT2D eigenvalue weighted by Gasteiger charge is -2.31. The zero-order valence-corrected chi connectivity index (χ0v) is 14.0. The molecule has 120 valence electrons. The van der Waals surface area contributed by atoms with Crippen LogP contribution in [-0.4, -0.2) is 31.1 Å². The molecule has 0 saturated carbocycles.